The third-order valence-electron chi connectivity index (χ3n) is 3.27. The van der Waals surface area contributed by atoms with Gasteiger partial charge in [-0.25, -0.2) is 13.1 Å². The first-order valence-electron chi connectivity index (χ1n) is 7.20. The third-order valence-corrected chi connectivity index (χ3v) is 5.43. The highest BCUT2D eigenvalue weighted by atomic mass is 35.5. The summed E-state index contributed by atoms with van der Waals surface area (Å²) in [6.07, 6.45) is 0. The molecule has 2 aromatic carbocycles. The van der Waals surface area contributed by atoms with Gasteiger partial charge in [0.1, 0.15) is 0 Å². The van der Waals surface area contributed by atoms with Gasteiger partial charge in [-0.2, -0.15) is 0 Å². The molecule has 0 atom stereocenters. The normalized spacial score (nSPS) is 11.3. The smallest absolute Gasteiger partial charge is 0.272 e. The molecule has 0 unspecified atom stereocenters. The minimum atomic E-state index is -3.50. The van der Waals surface area contributed by atoms with Crippen LogP contribution in [0.25, 0.3) is 0 Å². The van der Waals surface area contributed by atoms with E-state index in [1.807, 2.05) is 0 Å². The molecule has 0 aliphatic carbocycles. The van der Waals surface area contributed by atoms with Gasteiger partial charge in [0.15, 0.2) is 0 Å². The summed E-state index contributed by atoms with van der Waals surface area (Å²) < 4.78 is 26.2. The molecule has 0 bridgehead atoms. The molecule has 0 amide bonds. The lowest BCUT2D eigenvalue weighted by molar-refractivity contribution is -0.384. The molecule has 2 N–H and O–H groups in total. The maximum Gasteiger partial charge on any atom is 0.272 e. The van der Waals surface area contributed by atoms with Crippen molar-refractivity contribution in [3.63, 3.8) is 0 Å². The second-order valence-electron chi connectivity index (χ2n) is 5.04. The molecule has 2 rings (SSSR count). The molecule has 0 saturated heterocycles. The van der Waals surface area contributed by atoms with Gasteiger partial charge in [0.2, 0.25) is 10.0 Å². The van der Waals surface area contributed by atoms with Crippen molar-refractivity contribution in [1.29, 1.82) is 0 Å². The second-order valence-corrected chi connectivity index (χ2v) is 7.62. The molecule has 0 heterocycles. The van der Waals surface area contributed by atoms with Gasteiger partial charge in [-0.15, -0.1) is 0 Å². The van der Waals surface area contributed by atoms with E-state index in [1.165, 1.54) is 24.3 Å². The summed E-state index contributed by atoms with van der Waals surface area (Å²) in [4.78, 5) is 10.4. The van der Waals surface area contributed by atoms with Crippen molar-refractivity contribution < 1.29 is 13.3 Å². The van der Waals surface area contributed by atoms with Crippen molar-refractivity contribution in [3.8, 4) is 0 Å². The monoisotopic (exact) mass is 403 g/mol. The number of nitro benzene ring substituents is 1. The summed E-state index contributed by atoms with van der Waals surface area (Å²) in [5.41, 5.74) is 0.970. The maximum atomic E-state index is 11.9. The molecule has 134 valence electrons. The summed E-state index contributed by atoms with van der Waals surface area (Å²) in [5.74, 6) is 0. The Kier molecular flexibility index (Phi) is 6.23. The van der Waals surface area contributed by atoms with Crippen molar-refractivity contribution in [2.45, 2.75) is 18.4 Å². The Morgan fingerprint density at radius 2 is 1.68 bits per heavy atom. The van der Waals surface area contributed by atoms with Crippen LogP contribution in [0.15, 0.2) is 41.3 Å². The Bertz CT molecular complexity index is 863. The molecule has 0 aliphatic rings. The highest BCUT2D eigenvalue weighted by Gasteiger charge is 2.15. The first-order valence-corrected chi connectivity index (χ1v) is 9.44. The van der Waals surface area contributed by atoms with Gasteiger partial charge in [0, 0.05) is 25.2 Å². The van der Waals surface area contributed by atoms with E-state index >= 15 is 0 Å². The minimum absolute atomic E-state index is 0.130. The molecule has 0 radical (unpaired) electrons. The highest BCUT2D eigenvalue weighted by molar-refractivity contribution is 7.89. The standard InChI is InChI=1S/C15H15Cl2N3O4S/c1-2-19-25(23,24)12-5-3-10(4-6-12)9-18-15-13(16)7-11(20(21)22)8-14(15)17/h3-8,18-19H,2,9H2,1H3. The van der Waals surface area contributed by atoms with E-state index in [0.29, 0.717) is 18.8 Å². The highest BCUT2D eigenvalue weighted by Crippen LogP contribution is 2.34. The fourth-order valence-electron chi connectivity index (χ4n) is 2.08. The summed E-state index contributed by atoms with van der Waals surface area (Å²) in [7, 11) is -3.50. The van der Waals surface area contributed by atoms with E-state index in [0.717, 1.165) is 5.56 Å². The zero-order valence-electron chi connectivity index (χ0n) is 13.1. The Morgan fingerprint density at radius 1 is 1.12 bits per heavy atom. The first kappa shape index (κ1) is 19.5. The van der Waals surface area contributed by atoms with Gasteiger partial charge >= 0.3 is 0 Å². The largest absolute Gasteiger partial charge is 0.379 e. The van der Waals surface area contributed by atoms with Crippen molar-refractivity contribution in [2.75, 3.05) is 11.9 Å². The zero-order chi connectivity index (χ0) is 18.6. The SMILES string of the molecule is CCNS(=O)(=O)c1ccc(CNc2c(Cl)cc([N+](=O)[O-])cc2Cl)cc1. The van der Waals surface area contributed by atoms with Crippen LogP contribution >= 0.6 is 23.2 Å². The molecule has 2 aromatic rings. The first-order chi connectivity index (χ1) is 11.7. The molecular weight excluding hydrogens is 389 g/mol. The van der Waals surface area contributed by atoms with Crippen molar-refractivity contribution in [3.05, 3.63) is 62.1 Å². The number of halogens is 2. The minimum Gasteiger partial charge on any atom is -0.379 e. The van der Waals surface area contributed by atoms with Gasteiger partial charge in [-0.1, -0.05) is 42.3 Å². The van der Waals surface area contributed by atoms with Crippen LogP contribution < -0.4 is 10.0 Å². The number of anilines is 1. The van der Waals surface area contributed by atoms with Crippen LogP contribution in [-0.4, -0.2) is 19.9 Å². The Labute approximate surface area is 155 Å². The maximum absolute atomic E-state index is 11.9. The van der Waals surface area contributed by atoms with Gasteiger partial charge in [0.05, 0.1) is 25.6 Å². The molecule has 0 saturated carbocycles. The molecule has 25 heavy (non-hydrogen) atoms. The number of benzene rings is 2. The molecule has 0 fully saturated rings. The van der Waals surface area contributed by atoms with Gasteiger partial charge in [0.25, 0.3) is 5.69 Å². The number of hydrogen-bond donors (Lipinski definition) is 2. The third kappa shape index (κ3) is 4.82. The number of hydrogen-bond acceptors (Lipinski definition) is 5. The fourth-order valence-corrected chi connectivity index (χ4v) is 3.73. The number of nitrogens with zero attached hydrogens (tertiary/aromatic N) is 1. The molecule has 7 nitrogen and oxygen atoms in total. The van der Waals surface area contributed by atoms with Gasteiger partial charge in [-0.05, 0) is 17.7 Å². The Balaban J connectivity index is 2.13. The predicted octanol–water partition coefficient (Wildman–Crippen LogP) is 3.81. The Morgan fingerprint density at radius 3 is 2.16 bits per heavy atom. The molecule has 0 spiro atoms. The van der Waals surface area contributed by atoms with E-state index in [9.17, 15) is 18.5 Å². The van der Waals surface area contributed by atoms with E-state index in [4.69, 9.17) is 23.2 Å². The number of non-ortho nitro benzene ring substituents is 1. The Hall–Kier alpha value is -1.87. The lowest BCUT2D eigenvalue weighted by atomic mass is 10.2. The van der Waals surface area contributed by atoms with Crippen molar-refractivity contribution >= 4 is 44.6 Å². The zero-order valence-corrected chi connectivity index (χ0v) is 15.5. The lowest BCUT2D eigenvalue weighted by Crippen LogP contribution is -2.23. The molecule has 10 heteroatoms. The van der Waals surface area contributed by atoms with E-state index in [1.54, 1.807) is 19.1 Å². The van der Waals surface area contributed by atoms with E-state index in [2.05, 4.69) is 10.0 Å². The van der Waals surface area contributed by atoms with E-state index in [-0.39, 0.29) is 20.6 Å². The molecule has 0 aliphatic heterocycles. The fraction of sp³-hybridized carbons (Fsp3) is 0.200. The summed E-state index contributed by atoms with van der Waals surface area (Å²) in [6.45, 7) is 2.33. The topological polar surface area (TPSA) is 101 Å². The van der Waals surface area contributed by atoms with Crippen LogP contribution in [0, 0.1) is 10.1 Å². The van der Waals surface area contributed by atoms with Crippen LogP contribution in [0.4, 0.5) is 11.4 Å². The number of nitrogens with one attached hydrogen (secondary N) is 2. The number of sulfonamides is 1. The summed E-state index contributed by atoms with van der Waals surface area (Å²) >= 11 is 12.1. The van der Waals surface area contributed by atoms with Crippen LogP contribution in [0.1, 0.15) is 12.5 Å². The van der Waals surface area contributed by atoms with Crippen LogP contribution in [0.3, 0.4) is 0 Å². The van der Waals surface area contributed by atoms with Crippen LogP contribution in [0.5, 0.6) is 0 Å². The van der Waals surface area contributed by atoms with Crippen LogP contribution in [0.2, 0.25) is 10.0 Å². The lowest BCUT2D eigenvalue weighted by Gasteiger charge is -2.11. The van der Waals surface area contributed by atoms with Crippen LogP contribution in [-0.2, 0) is 16.6 Å². The number of rotatable bonds is 7. The summed E-state index contributed by atoms with van der Waals surface area (Å²) in [6, 6.07) is 8.72. The molecular formula is C15H15Cl2N3O4S. The number of nitro groups is 1. The second kappa shape index (κ2) is 8.01. The van der Waals surface area contributed by atoms with Crippen molar-refractivity contribution in [2.24, 2.45) is 0 Å². The summed E-state index contributed by atoms with van der Waals surface area (Å²) in [5, 5.41) is 14.0. The molecule has 0 aromatic heterocycles. The van der Waals surface area contributed by atoms with E-state index < -0.39 is 14.9 Å². The quantitative estimate of drug-likeness (QED) is 0.540. The average molecular weight is 404 g/mol. The predicted molar refractivity (Wildman–Crippen MR) is 97.7 cm³/mol. The van der Waals surface area contributed by atoms with Gasteiger partial charge in [-0.3, -0.25) is 10.1 Å². The van der Waals surface area contributed by atoms with Crippen molar-refractivity contribution in [1.82, 2.24) is 4.72 Å². The average Bonchev–Trinajstić information content (AvgIpc) is 2.54. The van der Waals surface area contributed by atoms with Gasteiger partial charge < -0.3 is 5.32 Å².